The summed E-state index contributed by atoms with van der Waals surface area (Å²) in [5.41, 5.74) is 0. The van der Waals surface area contributed by atoms with Gasteiger partial charge in [0.2, 0.25) is 5.91 Å². The van der Waals surface area contributed by atoms with Crippen LogP contribution in [0.3, 0.4) is 0 Å². The van der Waals surface area contributed by atoms with Crippen LogP contribution in [0, 0.1) is 6.92 Å². The van der Waals surface area contributed by atoms with E-state index in [1.54, 1.807) is 0 Å². The van der Waals surface area contributed by atoms with Crippen molar-refractivity contribution in [1.29, 1.82) is 0 Å². The Morgan fingerprint density at radius 3 is 2.88 bits per heavy atom. The van der Waals surface area contributed by atoms with E-state index in [9.17, 15) is 4.79 Å². The van der Waals surface area contributed by atoms with E-state index < -0.39 is 0 Å². The topological polar surface area (TPSA) is 59.8 Å². The van der Waals surface area contributed by atoms with Gasteiger partial charge in [-0.05, 0) is 33.6 Å². The molecule has 1 aromatic heterocycles. The Morgan fingerprint density at radius 1 is 1.59 bits per heavy atom. The van der Waals surface area contributed by atoms with Gasteiger partial charge in [0.25, 0.3) is 0 Å². The Labute approximate surface area is 105 Å². The largest absolute Gasteiger partial charge is 0.355 e. The summed E-state index contributed by atoms with van der Waals surface area (Å²) in [5, 5.41) is 11.8. The first-order valence-electron chi connectivity index (χ1n) is 5.99. The van der Waals surface area contributed by atoms with Crippen LogP contribution in [0.4, 0.5) is 0 Å². The number of carbonyl (C=O) groups is 1. The number of aromatic nitrogens is 3. The van der Waals surface area contributed by atoms with Gasteiger partial charge in [-0.1, -0.05) is 11.8 Å². The van der Waals surface area contributed by atoms with Crippen LogP contribution in [0.25, 0.3) is 0 Å². The Balaban J connectivity index is 2.05. The maximum atomic E-state index is 11.7. The summed E-state index contributed by atoms with van der Waals surface area (Å²) in [4.78, 5) is 11.7. The van der Waals surface area contributed by atoms with Gasteiger partial charge in [0.1, 0.15) is 5.82 Å². The monoisotopic (exact) mass is 254 g/mol. The Hall–Kier alpha value is -1.04. The predicted molar refractivity (Wildman–Crippen MR) is 67.0 cm³/mol. The number of amides is 1. The molecule has 1 aromatic rings. The van der Waals surface area contributed by atoms with Gasteiger partial charge in [0, 0.05) is 12.6 Å². The van der Waals surface area contributed by atoms with Crippen molar-refractivity contribution >= 4 is 17.7 Å². The molecule has 1 atom stereocenters. The number of nitrogens with one attached hydrogen (secondary N) is 1. The van der Waals surface area contributed by atoms with Crippen LogP contribution in [0.5, 0.6) is 0 Å². The molecule has 94 valence electrons. The lowest BCUT2D eigenvalue weighted by atomic mass is 10.4. The highest BCUT2D eigenvalue weighted by Gasteiger charge is 2.29. The van der Waals surface area contributed by atoms with E-state index in [0.29, 0.717) is 12.6 Å². The zero-order chi connectivity index (χ0) is 12.4. The van der Waals surface area contributed by atoms with E-state index in [1.807, 2.05) is 20.8 Å². The molecule has 1 saturated carbocycles. The zero-order valence-electron chi connectivity index (χ0n) is 10.4. The van der Waals surface area contributed by atoms with Gasteiger partial charge in [0.05, 0.1) is 5.25 Å². The minimum atomic E-state index is -0.129. The van der Waals surface area contributed by atoms with Crippen molar-refractivity contribution in [2.75, 3.05) is 6.54 Å². The van der Waals surface area contributed by atoms with Gasteiger partial charge < -0.3 is 9.88 Å². The van der Waals surface area contributed by atoms with Crippen LogP contribution in [0.1, 0.15) is 38.6 Å². The molecule has 0 bridgehead atoms. The summed E-state index contributed by atoms with van der Waals surface area (Å²) >= 11 is 1.48. The molecular formula is C11H18N4OS. The van der Waals surface area contributed by atoms with E-state index >= 15 is 0 Å². The van der Waals surface area contributed by atoms with Crippen molar-refractivity contribution in [2.45, 2.75) is 50.1 Å². The molecule has 1 fully saturated rings. The summed E-state index contributed by atoms with van der Waals surface area (Å²) in [6, 6.07) is 0.550. The second-order valence-electron chi connectivity index (χ2n) is 4.29. The first-order chi connectivity index (χ1) is 8.13. The quantitative estimate of drug-likeness (QED) is 0.810. The molecule has 1 amide bonds. The lowest BCUT2D eigenvalue weighted by molar-refractivity contribution is -0.120. The molecule has 1 heterocycles. The fourth-order valence-corrected chi connectivity index (χ4v) is 2.70. The molecule has 1 aliphatic rings. The van der Waals surface area contributed by atoms with Gasteiger partial charge in [-0.3, -0.25) is 4.79 Å². The standard InChI is InChI=1S/C11H18N4OS/c1-4-12-10(16)7(2)17-11-14-13-8(3)15(11)9-5-6-9/h7,9H,4-6H2,1-3H3,(H,12,16)/t7-/m1/s1. The van der Waals surface area contributed by atoms with E-state index in [4.69, 9.17) is 0 Å². The number of hydrogen-bond donors (Lipinski definition) is 1. The number of hydrogen-bond acceptors (Lipinski definition) is 4. The summed E-state index contributed by atoms with van der Waals surface area (Å²) in [6.45, 7) is 6.45. The molecule has 5 nitrogen and oxygen atoms in total. The van der Waals surface area contributed by atoms with Gasteiger partial charge >= 0.3 is 0 Å². The van der Waals surface area contributed by atoms with Crippen LogP contribution >= 0.6 is 11.8 Å². The molecule has 17 heavy (non-hydrogen) atoms. The highest BCUT2D eigenvalue weighted by atomic mass is 32.2. The van der Waals surface area contributed by atoms with E-state index in [0.717, 1.165) is 11.0 Å². The first-order valence-corrected chi connectivity index (χ1v) is 6.87. The average Bonchev–Trinajstić information content (AvgIpc) is 3.05. The Bertz CT molecular complexity index is 414. The minimum absolute atomic E-state index is 0.0560. The lowest BCUT2D eigenvalue weighted by Crippen LogP contribution is -2.30. The summed E-state index contributed by atoms with van der Waals surface area (Å²) in [6.07, 6.45) is 2.39. The van der Waals surface area contributed by atoms with Gasteiger partial charge in [-0.25, -0.2) is 0 Å². The number of carbonyl (C=O) groups excluding carboxylic acids is 1. The summed E-state index contributed by atoms with van der Waals surface area (Å²) in [7, 11) is 0. The van der Waals surface area contributed by atoms with Crippen LogP contribution < -0.4 is 5.32 Å². The second kappa shape index (κ2) is 5.08. The smallest absolute Gasteiger partial charge is 0.233 e. The van der Waals surface area contributed by atoms with Crippen molar-refractivity contribution in [3.05, 3.63) is 5.82 Å². The van der Waals surface area contributed by atoms with Crippen LogP contribution in [-0.2, 0) is 4.79 Å². The van der Waals surface area contributed by atoms with E-state index in [-0.39, 0.29) is 11.2 Å². The molecule has 0 aliphatic heterocycles. The van der Waals surface area contributed by atoms with Crippen molar-refractivity contribution in [3.63, 3.8) is 0 Å². The number of thioether (sulfide) groups is 1. The van der Waals surface area contributed by atoms with Crippen LogP contribution in [0.15, 0.2) is 5.16 Å². The van der Waals surface area contributed by atoms with Crippen molar-refractivity contribution in [1.82, 2.24) is 20.1 Å². The van der Waals surface area contributed by atoms with E-state index in [1.165, 1.54) is 24.6 Å². The molecule has 1 N–H and O–H groups in total. The SMILES string of the molecule is CCNC(=O)[C@@H](C)Sc1nnc(C)n1C1CC1. The molecule has 0 radical (unpaired) electrons. The maximum absolute atomic E-state index is 11.7. The summed E-state index contributed by atoms with van der Waals surface area (Å²) in [5.74, 6) is 0.999. The third-order valence-corrected chi connectivity index (χ3v) is 3.81. The first kappa shape index (κ1) is 12.4. The third kappa shape index (κ3) is 2.80. The molecule has 0 saturated heterocycles. The fourth-order valence-electron chi connectivity index (χ4n) is 1.71. The number of aryl methyl sites for hydroxylation is 1. The molecule has 1 aliphatic carbocycles. The normalized spacial score (nSPS) is 16.9. The second-order valence-corrected chi connectivity index (χ2v) is 5.59. The van der Waals surface area contributed by atoms with E-state index in [2.05, 4.69) is 20.1 Å². The van der Waals surface area contributed by atoms with Gasteiger partial charge in [-0.2, -0.15) is 0 Å². The zero-order valence-corrected chi connectivity index (χ0v) is 11.3. The molecule has 0 aromatic carbocycles. The van der Waals surface area contributed by atoms with Crippen LogP contribution in [0.2, 0.25) is 0 Å². The van der Waals surface area contributed by atoms with Crippen molar-refractivity contribution < 1.29 is 4.79 Å². The maximum Gasteiger partial charge on any atom is 0.233 e. The highest BCUT2D eigenvalue weighted by molar-refractivity contribution is 8.00. The fraction of sp³-hybridized carbons (Fsp3) is 0.727. The summed E-state index contributed by atoms with van der Waals surface area (Å²) < 4.78 is 2.15. The molecule has 0 spiro atoms. The Morgan fingerprint density at radius 2 is 2.29 bits per heavy atom. The molecule has 0 unspecified atom stereocenters. The van der Waals surface area contributed by atoms with Gasteiger partial charge in [-0.15, -0.1) is 10.2 Å². The number of rotatable bonds is 5. The molecule has 6 heteroatoms. The third-order valence-electron chi connectivity index (χ3n) is 2.75. The Kier molecular flexibility index (Phi) is 3.71. The van der Waals surface area contributed by atoms with Crippen molar-refractivity contribution in [2.24, 2.45) is 0 Å². The number of nitrogens with zero attached hydrogens (tertiary/aromatic N) is 3. The average molecular weight is 254 g/mol. The predicted octanol–water partition coefficient (Wildman–Crippen LogP) is 1.54. The van der Waals surface area contributed by atoms with Crippen LogP contribution in [-0.4, -0.2) is 32.5 Å². The minimum Gasteiger partial charge on any atom is -0.355 e. The highest BCUT2D eigenvalue weighted by Crippen LogP contribution is 2.39. The molecule has 2 rings (SSSR count). The lowest BCUT2D eigenvalue weighted by Gasteiger charge is -2.11. The van der Waals surface area contributed by atoms with Crippen molar-refractivity contribution in [3.8, 4) is 0 Å². The molecular weight excluding hydrogens is 236 g/mol. The van der Waals surface area contributed by atoms with Gasteiger partial charge in [0.15, 0.2) is 5.16 Å².